The zero-order valence-corrected chi connectivity index (χ0v) is 7.13. The lowest BCUT2D eigenvalue weighted by Crippen LogP contribution is -2.41. The van der Waals surface area contributed by atoms with Crippen molar-refractivity contribution in [1.82, 2.24) is 4.90 Å². The SMILES string of the molecule is NCCC(=O)N1CCC[C@@H](F)C1. The van der Waals surface area contributed by atoms with E-state index in [1.54, 1.807) is 4.90 Å². The van der Waals surface area contributed by atoms with E-state index in [2.05, 4.69) is 0 Å². The molecule has 1 amide bonds. The molecule has 12 heavy (non-hydrogen) atoms. The zero-order chi connectivity index (χ0) is 8.97. The van der Waals surface area contributed by atoms with Crippen molar-refractivity contribution < 1.29 is 9.18 Å². The number of amides is 1. The number of rotatable bonds is 2. The van der Waals surface area contributed by atoms with E-state index >= 15 is 0 Å². The van der Waals surface area contributed by atoms with Crippen LogP contribution in [-0.2, 0) is 4.79 Å². The first-order valence-electron chi connectivity index (χ1n) is 4.36. The number of carbonyl (C=O) groups is 1. The van der Waals surface area contributed by atoms with Gasteiger partial charge in [-0.1, -0.05) is 0 Å². The second-order valence-corrected chi connectivity index (χ2v) is 3.12. The molecule has 1 aliphatic rings. The molecule has 0 unspecified atom stereocenters. The van der Waals surface area contributed by atoms with Crippen LogP contribution in [0.1, 0.15) is 19.3 Å². The van der Waals surface area contributed by atoms with E-state index < -0.39 is 6.17 Å². The molecule has 0 aromatic carbocycles. The molecule has 1 heterocycles. The third-order valence-corrected chi connectivity index (χ3v) is 2.07. The number of halogens is 1. The molecule has 0 saturated carbocycles. The molecule has 70 valence electrons. The lowest BCUT2D eigenvalue weighted by molar-refractivity contribution is -0.133. The predicted molar refractivity (Wildman–Crippen MR) is 44.4 cm³/mol. The van der Waals surface area contributed by atoms with Crippen LogP contribution in [-0.4, -0.2) is 36.6 Å². The Hall–Kier alpha value is -0.640. The standard InChI is InChI=1S/C8H15FN2O/c9-7-2-1-5-11(6-7)8(12)3-4-10/h7H,1-6,10H2/t7-/m1/s1. The summed E-state index contributed by atoms with van der Waals surface area (Å²) in [5.41, 5.74) is 5.23. The summed E-state index contributed by atoms with van der Waals surface area (Å²) >= 11 is 0. The van der Waals surface area contributed by atoms with Crippen LogP contribution in [0.2, 0.25) is 0 Å². The fourth-order valence-corrected chi connectivity index (χ4v) is 1.43. The van der Waals surface area contributed by atoms with Gasteiger partial charge in [0.2, 0.25) is 5.91 Å². The molecule has 0 aromatic heterocycles. The van der Waals surface area contributed by atoms with Gasteiger partial charge in [0.05, 0.1) is 6.54 Å². The second-order valence-electron chi connectivity index (χ2n) is 3.12. The van der Waals surface area contributed by atoms with Gasteiger partial charge in [-0.05, 0) is 12.8 Å². The fraction of sp³-hybridized carbons (Fsp3) is 0.875. The molecule has 1 aliphatic heterocycles. The minimum Gasteiger partial charge on any atom is -0.340 e. The van der Waals surface area contributed by atoms with Crippen molar-refractivity contribution in [3.8, 4) is 0 Å². The highest BCUT2D eigenvalue weighted by Gasteiger charge is 2.22. The summed E-state index contributed by atoms with van der Waals surface area (Å²) < 4.78 is 12.8. The molecule has 0 bridgehead atoms. The Kier molecular flexibility index (Phi) is 3.47. The summed E-state index contributed by atoms with van der Waals surface area (Å²) in [6, 6.07) is 0. The van der Waals surface area contributed by atoms with Crippen molar-refractivity contribution in [3.63, 3.8) is 0 Å². The minimum absolute atomic E-state index is 0.0140. The average molecular weight is 174 g/mol. The minimum atomic E-state index is -0.833. The van der Waals surface area contributed by atoms with Crippen LogP contribution in [0, 0.1) is 0 Å². The highest BCUT2D eigenvalue weighted by atomic mass is 19.1. The van der Waals surface area contributed by atoms with Crippen LogP contribution in [0.15, 0.2) is 0 Å². The third-order valence-electron chi connectivity index (χ3n) is 2.07. The maximum absolute atomic E-state index is 12.8. The zero-order valence-electron chi connectivity index (χ0n) is 7.13. The number of nitrogens with zero attached hydrogens (tertiary/aromatic N) is 1. The predicted octanol–water partition coefficient (Wildman–Crippen LogP) is 0.296. The van der Waals surface area contributed by atoms with E-state index in [0.29, 0.717) is 25.9 Å². The van der Waals surface area contributed by atoms with Gasteiger partial charge in [-0.3, -0.25) is 4.79 Å². The molecule has 3 nitrogen and oxygen atoms in total. The number of likely N-dealkylation sites (tertiary alicyclic amines) is 1. The normalized spacial score (nSPS) is 24.2. The van der Waals surface area contributed by atoms with Crippen molar-refractivity contribution in [2.75, 3.05) is 19.6 Å². The Morgan fingerprint density at radius 3 is 3.00 bits per heavy atom. The van der Waals surface area contributed by atoms with Crippen molar-refractivity contribution in [2.24, 2.45) is 5.73 Å². The monoisotopic (exact) mass is 174 g/mol. The van der Waals surface area contributed by atoms with Gasteiger partial charge >= 0.3 is 0 Å². The molecule has 0 aliphatic carbocycles. The Bertz CT molecular complexity index is 163. The Morgan fingerprint density at radius 2 is 2.42 bits per heavy atom. The van der Waals surface area contributed by atoms with Crippen molar-refractivity contribution in [1.29, 1.82) is 0 Å². The molecule has 0 aromatic rings. The number of alkyl halides is 1. The van der Waals surface area contributed by atoms with Gasteiger partial charge in [-0.2, -0.15) is 0 Å². The van der Waals surface area contributed by atoms with Gasteiger partial charge in [-0.15, -0.1) is 0 Å². The first-order chi connectivity index (χ1) is 5.74. The number of hydrogen-bond donors (Lipinski definition) is 1. The van der Waals surface area contributed by atoms with Gasteiger partial charge < -0.3 is 10.6 Å². The van der Waals surface area contributed by atoms with E-state index in [1.807, 2.05) is 0 Å². The quantitative estimate of drug-likeness (QED) is 0.654. The lowest BCUT2D eigenvalue weighted by atomic mass is 10.1. The molecule has 0 radical (unpaired) electrons. The molecule has 2 N–H and O–H groups in total. The van der Waals surface area contributed by atoms with Crippen LogP contribution < -0.4 is 5.73 Å². The summed E-state index contributed by atoms with van der Waals surface area (Å²) in [6.07, 6.45) is 0.872. The van der Waals surface area contributed by atoms with Gasteiger partial charge in [0.25, 0.3) is 0 Å². The molecule has 4 heteroatoms. The smallest absolute Gasteiger partial charge is 0.223 e. The Balaban J connectivity index is 2.35. The van der Waals surface area contributed by atoms with E-state index in [0.717, 1.165) is 6.42 Å². The average Bonchev–Trinajstić information content (AvgIpc) is 2.05. The summed E-state index contributed by atoms with van der Waals surface area (Å²) in [6.45, 7) is 1.31. The van der Waals surface area contributed by atoms with Crippen molar-refractivity contribution >= 4 is 5.91 Å². The summed E-state index contributed by atoms with van der Waals surface area (Å²) in [5.74, 6) is -0.0140. The molecular weight excluding hydrogens is 159 g/mol. The first-order valence-corrected chi connectivity index (χ1v) is 4.36. The molecular formula is C8H15FN2O. The number of carbonyl (C=O) groups excluding carboxylic acids is 1. The molecule has 1 saturated heterocycles. The molecule has 0 spiro atoms. The van der Waals surface area contributed by atoms with Gasteiger partial charge in [0.15, 0.2) is 0 Å². The number of hydrogen-bond acceptors (Lipinski definition) is 2. The van der Waals surface area contributed by atoms with Crippen LogP contribution in [0.4, 0.5) is 4.39 Å². The van der Waals surface area contributed by atoms with Crippen LogP contribution in [0.3, 0.4) is 0 Å². The highest BCUT2D eigenvalue weighted by molar-refractivity contribution is 5.76. The van der Waals surface area contributed by atoms with Crippen LogP contribution in [0.25, 0.3) is 0 Å². The maximum atomic E-state index is 12.8. The van der Waals surface area contributed by atoms with E-state index in [1.165, 1.54) is 0 Å². The van der Waals surface area contributed by atoms with E-state index in [-0.39, 0.29) is 12.5 Å². The third kappa shape index (κ3) is 2.44. The Morgan fingerprint density at radius 1 is 1.67 bits per heavy atom. The van der Waals surface area contributed by atoms with Crippen LogP contribution in [0.5, 0.6) is 0 Å². The van der Waals surface area contributed by atoms with Crippen molar-refractivity contribution in [2.45, 2.75) is 25.4 Å². The maximum Gasteiger partial charge on any atom is 0.223 e. The topological polar surface area (TPSA) is 46.3 Å². The van der Waals surface area contributed by atoms with Gasteiger partial charge in [-0.25, -0.2) is 4.39 Å². The van der Waals surface area contributed by atoms with E-state index in [9.17, 15) is 9.18 Å². The van der Waals surface area contributed by atoms with Gasteiger partial charge in [0, 0.05) is 19.5 Å². The lowest BCUT2D eigenvalue weighted by Gasteiger charge is -2.28. The summed E-state index contributed by atoms with van der Waals surface area (Å²) in [4.78, 5) is 12.8. The molecule has 1 atom stereocenters. The number of nitrogens with two attached hydrogens (primary N) is 1. The first kappa shape index (κ1) is 9.45. The largest absolute Gasteiger partial charge is 0.340 e. The Labute approximate surface area is 71.7 Å². The van der Waals surface area contributed by atoms with Gasteiger partial charge in [0.1, 0.15) is 6.17 Å². The summed E-state index contributed by atoms with van der Waals surface area (Å²) in [5, 5.41) is 0. The van der Waals surface area contributed by atoms with Crippen molar-refractivity contribution in [3.05, 3.63) is 0 Å². The number of piperidine rings is 1. The summed E-state index contributed by atoms with van der Waals surface area (Å²) in [7, 11) is 0. The molecule has 1 rings (SSSR count). The second kappa shape index (κ2) is 4.40. The highest BCUT2D eigenvalue weighted by Crippen LogP contribution is 2.13. The van der Waals surface area contributed by atoms with E-state index in [4.69, 9.17) is 5.73 Å². The molecule has 1 fully saturated rings. The fourth-order valence-electron chi connectivity index (χ4n) is 1.43. The van der Waals surface area contributed by atoms with Crippen LogP contribution >= 0.6 is 0 Å².